The number of nitrogens with two attached hydrogens (primary N) is 3. The molecule has 142 valence electrons. The first kappa shape index (κ1) is 22.8. The number of carboxylic acids is 2. The topological polar surface area (TPSA) is 165 Å². The summed E-state index contributed by atoms with van der Waals surface area (Å²) in [7, 11) is 0. The summed E-state index contributed by atoms with van der Waals surface area (Å²) >= 11 is 0. The zero-order valence-electron chi connectivity index (χ0n) is 14.6. The second kappa shape index (κ2) is 13.1. The number of hydrogen-bond acceptors (Lipinski definition) is 6. The van der Waals surface area contributed by atoms with Gasteiger partial charge >= 0.3 is 5.97 Å². The van der Waals surface area contributed by atoms with Gasteiger partial charge in [0.15, 0.2) is 0 Å². The van der Waals surface area contributed by atoms with Crippen molar-refractivity contribution in [2.75, 3.05) is 6.54 Å². The van der Waals surface area contributed by atoms with Gasteiger partial charge < -0.3 is 32.7 Å². The molecule has 2 aliphatic rings. The van der Waals surface area contributed by atoms with E-state index >= 15 is 0 Å². The zero-order chi connectivity index (χ0) is 18.5. The monoisotopic (exact) mass is 346 g/mol. The maximum Gasteiger partial charge on any atom is 0.317 e. The molecule has 24 heavy (non-hydrogen) atoms. The van der Waals surface area contributed by atoms with Crippen LogP contribution in [-0.4, -0.2) is 52.9 Å². The molecule has 0 bridgehead atoms. The summed E-state index contributed by atoms with van der Waals surface area (Å²) in [4.78, 5) is 19.2. The average Bonchev–Trinajstić information content (AvgIpc) is 2.50. The Morgan fingerprint density at radius 2 is 1.12 bits per heavy atom. The van der Waals surface area contributed by atoms with Gasteiger partial charge in [-0.25, -0.2) is 0 Å². The number of aliphatic carboxylic acids is 2. The van der Waals surface area contributed by atoms with Crippen molar-refractivity contribution in [1.82, 2.24) is 5.32 Å². The van der Waals surface area contributed by atoms with Crippen molar-refractivity contribution in [2.45, 2.75) is 82.5 Å². The third-order valence-corrected chi connectivity index (χ3v) is 4.13. The van der Waals surface area contributed by atoms with Crippen LogP contribution in [0.3, 0.4) is 0 Å². The minimum Gasteiger partial charge on any atom is -0.481 e. The molecule has 0 unspecified atom stereocenters. The number of carboxylic acid groups (broad SMARTS) is 2. The largest absolute Gasteiger partial charge is 0.481 e. The maximum atomic E-state index is 10.2. The quantitative estimate of drug-likeness (QED) is 0.423. The summed E-state index contributed by atoms with van der Waals surface area (Å²) in [5.41, 5.74) is 17.0. The molecule has 0 aromatic carbocycles. The molecule has 0 aromatic heterocycles. The summed E-state index contributed by atoms with van der Waals surface area (Å²) in [6, 6.07) is 1.57. The van der Waals surface area contributed by atoms with Crippen LogP contribution in [-0.2, 0) is 9.59 Å². The van der Waals surface area contributed by atoms with Crippen LogP contribution < -0.4 is 22.5 Å². The Bertz CT molecular complexity index is 338. The molecule has 2 aliphatic carbocycles. The molecule has 8 heteroatoms. The predicted molar refractivity (Wildman–Crippen MR) is 93.6 cm³/mol. The molecule has 9 N–H and O–H groups in total. The minimum absolute atomic E-state index is 0.0693. The van der Waals surface area contributed by atoms with E-state index in [9.17, 15) is 4.79 Å². The Morgan fingerprint density at radius 3 is 1.42 bits per heavy atom. The van der Waals surface area contributed by atoms with E-state index in [1.165, 1.54) is 0 Å². The van der Waals surface area contributed by atoms with E-state index in [1.54, 1.807) is 0 Å². The second-order valence-corrected chi connectivity index (χ2v) is 6.58. The first-order chi connectivity index (χ1) is 11.2. The summed E-state index contributed by atoms with van der Waals surface area (Å²) in [6.45, 7) is 1.15. The molecule has 2 saturated carbocycles. The summed E-state index contributed by atoms with van der Waals surface area (Å²) in [6.07, 6.45) is 8.54. The van der Waals surface area contributed by atoms with Crippen LogP contribution in [0.5, 0.6) is 0 Å². The van der Waals surface area contributed by atoms with Crippen LogP contribution in [0.4, 0.5) is 0 Å². The Morgan fingerprint density at radius 1 is 0.833 bits per heavy atom. The number of hydrogen-bond donors (Lipinski definition) is 6. The highest BCUT2D eigenvalue weighted by atomic mass is 16.4. The third-order valence-electron chi connectivity index (χ3n) is 4.13. The summed E-state index contributed by atoms with van der Waals surface area (Å²) in [5, 5.41) is 18.8. The van der Waals surface area contributed by atoms with Gasteiger partial charge in [-0.2, -0.15) is 0 Å². The number of carbonyl (C=O) groups is 2. The van der Waals surface area contributed by atoms with E-state index in [0.717, 1.165) is 58.3 Å². The molecule has 2 rings (SSSR count). The van der Waals surface area contributed by atoms with Gasteiger partial charge in [-0.15, -0.1) is 0 Å². The lowest BCUT2D eigenvalue weighted by Crippen LogP contribution is -2.39. The molecule has 0 heterocycles. The van der Waals surface area contributed by atoms with E-state index in [-0.39, 0.29) is 6.54 Å². The molecular formula is C16H34N4O4. The first-order valence-electron chi connectivity index (χ1n) is 8.62. The molecule has 0 amide bonds. The number of rotatable bonds is 3. The van der Waals surface area contributed by atoms with Gasteiger partial charge in [0.25, 0.3) is 5.97 Å². The fraction of sp³-hybridized carbons (Fsp3) is 0.875. The maximum absolute atomic E-state index is 10.2. The van der Waals surface area contributed by atoms with Gasteiger partial charge in [-0.05, 0) is 51.4 Å². The Labute approximate surface area is 144 Å². The van der Waals surface area contributed by atoms with Crippen LogP contribution in [0.1, 0.15) is 58.3 Å². The Balaban J connectivity index is 0.000000379. The molecule has 0 atom stereocenters. The molecule has 0 aliphatic heterocycles. The van der Waals surface area contributed by atoms with Crippen LogP contribution in [0, 0.1) is 0 Å². The van der Waals surface area contributed by atoms with E-state index in [2.05, 4.69) is 5.32 Å². The van der Waals surface area contributed by atoms with Gasteiger partial charge in [-0.3, -0.25) is 9.59 Å². The highest BCUT2D eigenvalue weighted by Crippen LogP contribution is 2.16. The van der Waals surface area contributed by atoms with E-state index in [1.807, 2.05) is 0 Å². The van der Waals surface area contributed by atoms with Crippen LogP contribution in [0.25, 0.3) is 0 Å². The zero-order valence-corrected chi connectivity index (χ0v) is 14.6. The van der Waals surface area contributed by atoms with Crippen LogP contribution >= 0.6 is 0 Å². The molecule has 0 saturated heterocycles. The Hall–Kier alpha value is -1.22. The van der Waals surface area contributed by atoms with Crippen molar-refractivity contribution in [2.24, 2.45) is 17.2 Å². The highest BCUT2D eigenvalue weighted by molar-refractivity contribution is 5.69. The standard InChI is InChI=1S/C8H16N2O2.C6H14N2.C2H4O2/c9-6-1-3-7(4-2-6)10-5-8(11)12;7-5-1-2-6(8)4-3-5;1-2(3)4/h6-7,10H,1-5,9H2,(H,11,12);5-6H,1-4,7-8H2;1H3,(H,3,4). The van der Waals surface area contributed by atoms with Crippen molar-refractivity contribution >= 4 is 11.9 Å². The molecule has 0 aromatic rings. The van der Waals surface area contributed by atoms with Crippen molar-refractivity contribution in [3.63, 3.8) is 0 Å². The van der Waals surface area contributed by atoms with Gasteiger partial charge in [-0.1, -0.05) is 0 Å². The molecule has 8 nitrogen and oxygen atoms in total. The van der Waals surface area contributed by atoms with Gasteiger partial charge in [0.2, 0.25) is 0 Å². The lowest BCUT2D eigenvalue weighted by Gasteiger charge is -2.26. The van der Waals surface area contributed by atoms with Gasteiger partial charge in [0.1, 0.15) is 0 Å². The second-order valence-electron chi connectivity index (χ2n) is 6.58. The molecule has 2 fully saturated rings. The lowest BCUT2D eigenvalue weighted by atomic mass is 9.92. The first-order valence-corrected chi connectivity index (χ1v) is 8.62. The normalized spacial score (nSPS) is 29.3. The van der Waals surface area contributed by atoms with Gasteiger partial charge in [0, 0.05) is 31.1 Å². The fourth-order valence-electron chi connectivity index (χ4n) is 2.70. The summed E-state index contributed by atoms with van der Waals surface area (Å²) < 4.78 is 0. The smallest absolute Gasteiger partial charge is 0.317 e. The third kappa shape index (κ3) is 14.4. The molecular weight excluding hydrogens is 312 g/mol. The van der Waals surface area contributed by atoms with Gasteiger partial charge in [0.05, 0.1) is 6.54 Å². The van der Waals surface area contributed by atoms with Crippen molar-refractivity contribution in [3.8, 4) is 0 Å². The summed E-state index contributed by atoms with van der Waals surface area (Å²) in [5.74, 6) is -1.62. The highest BCUT2D eigenvalue weighted by Gasteiger charge is 2.18. The average molecular weight is 346 g/mol. The SMILES string of the molecule is CC(=O)O.NC1CCC(N)CC1.NC1CCC(NCC(=O)O)CC1. The van der Waals surface area contributed by atoms with E-state index in [4.69, 9.17) is 32.2 Å². The van der Waals surface area contributed by atoms with E-state index in [0.29, 0.717) is 24.2 Å². The molecule has 0 radical (unpaired) electrons. The Kier molecular flexibility index (Phi) is 12.4. The predicted octanol–water partition coefficient (Wildman–Crippen LogP) is 0.236. The van der Waals surface area contributed by atoms with Crippen molar-refractivity contribution in [3.05, 3.63) is 0 Å². The van der Waals surface area contributed by atoms with Crippen molar-refractivity contribution < 1.29 is 19.8 Å². The number of nitrogens with one attached hydrogen (secondary N) is 1. The van der Waals surface area contributed by atoms with Crippen LogP contribution in [0.15, 0.2) is 0 Å². The fourth-order valence-corrected chi connectivity index (χ4v) is 2.70. The molecule has 0 spiro atoms. The van der Waals surface area contributed by atoms with Crippen molar-refractivity contribution in [1.29, 1.82) is 0 Å². The lowest BCUT2D eigenvalue weighted by molar-refractivity contribution is -0.136. The minimum atomic E-state index is -0.833. The van der Waals surface area contributed by atoms with Crippen LogP contribution in [0.2, 0.25) is 0 Å². The van der Waals surface area contributed by atoms with E-state index < -0.39 is 11.9 Å².